The summed E-state index contributed by atoms with van der Waals surface area (Å²) in [5, 5.41) is 6.16. The Morgan fingerprint density at radius 3 is 2.16 bits per heavy atom. The summed E-state index contributed by atoms with van der Waals surface area (Å²) in [7, 11) is 0. The van der Waals surface area contributed by atoms with Crippen LogP contribution in [0.1, 0.15) is 65.2 Å². The Balaban J connectivity index is 1.24. The van der Waals surface area contributed by atoms with Crippen LogP contribution in [0.25, 0.3) is 0 Å². The average Bonchev–Trinajstić information content (AvgIpc) is 3.26. The van der Waals surface area contributed by atoms with Gasteiger partial charge in [-0.25, -0.2) is 4.98 Å². The third-order valence-electron chi connectivity index (χ3n) is 8.20. The number of hydrogen-bond donors (Lipinski definition) is 2. The maximum absolute atomic E-state index is 13.5. The first kappa shape index (κ1) is 20.8. The highest BCUT2D eigenvalue weighted by atomic mass is 16.2. The Morgan fingerprint density at radius 2 is 1.65 bits per heavy atom. The van der Waals surface area contributed by atoms with E-state index in [1.807, 2.05) is 26.0 Å². The van der Waals surface area contributed by atoms with Crippen molar-refractivity contribution in [3.8, 4) is 0 Å². The molecule has 4 saturated carbocycles. The van der Waals surface area contributed by atoms with Crippen LogP contribution in [0.2, 0.25) is 0 Å². The van der Waals surface area contributed by atoms with E-state index in [1.54, 1.807) is 6.20 Å². The molecule has 2 N–H and O–H groups in total. The Bertz CT molecular complexity index is 793. The fourth-order valence-corrected chi connectivity index (χ4v) is 7.03. The molecule has 1 aromatic rings. The number of pyridine rings is 1. The first-order valence-corrected chi connectivity index (χ1v) is 12.2. The minimum absolute atomic E-state index is 0.0229. The monoisotopic (exact) mass is 424 g/mol. The molecule has 4 bridgehead atoms. The number of carbonyl (C=O) groups is 2. The molecule has 2 heterocycles. The van der Waals surface area contributed by atoms with Crippen molar-refractivity contribution in [3.05, 3.63) is 18.3 Å². The smallest absolute Gasteiger partial charge is 0.247 e. The zero-order valence-electron chi connectivity index (χ0n) is 18.9. The van der Waals surface area contributed by atoms with Gasteiger partial charge in [-0.15, -0.1) is 0 Å². The number of amides is 2. The molecule has 1 aliphatic heterocycles. The lowest BCUT2D eigenvalue weighted by Crippen LogP contribution is -2.57. The van der Waals surface area contributed by atoms with Gasteiger partial charge in [-0.1, -0.05) is 13.8 Å². The largest absolute Gasteiger partial charge is 0.357 e. The minimum Gasteiger partial charge on any atom is -0.357 e. The van der Waals surface area contributed by atoms with Gasteiger partial charge < -0.3 is 15.5 Å². The van der Waals surface area contributed by atoms with Gasteiger partial charge >= 0.3 is 0 Å². The van der Waals surface area contributed by atoms with E-state index in [9.17, 15) is 9.59 Å². The minimum atomic E-state index is -0.529. The number of anilines is 2. The Labute approximate surface area is 185 Å². The van der Waals surface area contributed by atoms with E-state index in [0.29, 0.717) is 23.4 Å². The zero-order valence-corrected chi connectivity index (χ0v) is 18.9. The predicted molar refractivity (Wildman–Crippen MR) is 122 cm³/mol. The molecule has 1 aromatic heterocycles. The van der Waals surface area contributed by atoms with Crippen molar-refractivity contribution in [1.82, 2.24) is 10.3 Å². The third-order valence-corrected chi connectivity index (χ3v) is 8.20. The lowest BCUT2D eigenvalue weighted by Gasteiger charge is -2.55. The lowest BCUT2D eigenvalue weighted by molar-refractivity contribution is -0.148. The van der Waals surface area contributed by atoms with Gasteiger partial charge in [-0.05, 0) is 87.2 Å². The highest BCUT2D eigenvalue weighted by Crippen LogP contribution is 2.60. The molecular formula is C25H36N4O2. The summed E-state index contributed by atoms with van der Waals surface area (Å²) in [6.07, 6.45) is 11.1. The SMILES string of the molecule is CC(C)C(NC(=O)C12CC3CC(CC(C3)C1)C2)C(=O)Nc1ccc(N2CCCC2)nc1. The van der Waals surface area contributed by atoms with Gasteiger partial charge in [0, 0.05) is 18.5 Å². The fourth-order valence-electron chi connectivity index (χ4n) is 7.03. The van der Waals surface area contributed by atoms with Crippen LogP contribution in [-0.4, -0.2) is 35.9 Å². The van der Waals surface area contributed by atoms with Gasteiger partial charge in [0.2, 0.25) is 11.8 Å². The van der Waals surface area contributed by atoms with Crippen molar-refractivity contribution in [2.45, 2.75) is 71.3 Å². The van der Waals surface area contributed by atoms with E-state index >= 15 is 0 Å². The van der Waals surface area contributed by atoms with Crippen LogP contribution in [0.4, 0.5) is 11.5 Å². The summed E-state index contributed by atoms with van der Waals surface area (Å²) in [5.74, 6) is 3.09. The Kier molecular flexibility index (Phi) is 5.43. The normalized spacial score (nSPS) is 32.4. The van der Waals surface area contributed by atoms with Gasteiger partial charge in [0.25, 0.3) is 0 Å². The van der Waals surface area contributed by atoms with Gasteiger partial charge in [0.1, 0.15) is 11.9 Å². The van der Waals surface area contributed by atoms with Crippen LogP contribution in [0.15, 0.2) is 18.3 Å². The van der Waals surface area contributed by atoms with E-state index in [4.69, 9.17) is 0 Å². The molecule has 31 heavy (non-hydrogen) atoms. The molecule has 1 saturated heterocycles. The molecule has 5 fully saturated rings. The van der Waals surface area contributed by atoms with Crippen molar-refractivity contribution < 1.29 is 9.59 Å². The van der Waals surface area contributed by atoms with Crippen molar-refractivity contribution in [2.75, 3.05) is 23.3 Å². The highest BCUT2D eigenvalue weighted by molar-refractivity contribution is 5.98. The summed E-state index contributed by atoms with van der Waals surface area (Å²) in [6, 6.07) is 3.36. The molecule has 6 nitrogen and oxygen atoms in total. The Hall–Kier alpha value is -2.11. The van der Waals surface area contributed by atoms with Gasteiger partial charge in [0.15, 0.2) is 0 Å². The molecule has 4 aliphatic carbocycles. The summed E-state index contributed by atoms with van der Waals surface area (Å²) >= 11 is 0. The summed E-state index contributed by atoms with van der Waals surface area (Å²) < 4.78 is 0. The van der Waals surface area contributed by atoms with Crippen LogP contribution in [0.5, 0.6) is 0 Å². The fraction of sp³-hybridized carbons (Fsp3) is 0.720. The quantitative estimate of drug-likeness (QED) is 0.724. The number of carbonyl (C=O) groups excluding carboxylic acids is 2. The average molecular weight is 425 g/mol. The predicted octanol–water partition coefficient (Wildman–Crippen LogP) is 3.98. The van der Waals surface area contributed by atoms with Crippen LogP contribution in [-0.2, 0) is 9.59 Å². The summed E-state index contributed by atoms with van der Waals surface area (Å²) in [5.41, 5.74) is 0.448. The van der Waals surface area contributed by atoms with Crippen molar-refractivity contribution >= 4 is 23.3 Å². The van der Waals surface area contributed by atoms with Gasteiger partial charge in [0.05, 0.1) is 11.9 Å². The second kappa shape index (κ2) is 8.10. The molecule has 2 amide bonds. The number of aromatic nitrogens is 1. The van der Waals surface area contributed by atoms with Crippen LogP contribution in [0.3, 0.4) is 0 Å². The standard InChI is InChI=1S/C25H36N4O2/c1-16(2)22(23(30)27-20-5-6-21(26-15-20)29-7-3-4-8-29)28-24(31)25-12-17-9-18(13-25)11-19(10-17)14-25/h5-6,15-19,22H,3-4,7-14H2,1-2H3,(H,27,30)(H,28,31). The first-order valence-electron chi connectivity index (χ1n) is 12.2. The van der Waals surface area contributed by atoms with Gasteiger partial charge in [-0.3, -0.25) is 9.59 Å². The molecule has 6 heteroatoms. The summed E-state index contributed by atoms with van der Waals surface area (Å²) in [4.78, 5) is 33.3. The molecule has 1 atom stereocenters. The van der Waals surface area contributed by atoms with Crippen molar-refractivity contribution in [2.24, 2.45) is 29.1 Å². The second-order valence-electron chi connectivity index (χ2n) is 11.0. The third kappa shape index (κ3) is 4.06. The van der Waals surface area contributed by atoms with E-state index in [1.165, 1.54) is 32.1 Å². The number of rotatable bonds is 6. The number of nitrogens with one attached hydrogen (secondary N) is 2. The summed E-state index contributed by atoms with van der Waals surface area (Å²) in [6.45, 7) is 6.09. The molecule has 6 rings (SSSR count). The second-order valence-corrected chi connectivity index (χ2v) is 11.0. The lowest BCUT2D eigenvalue weighted by atomic mass is 9.49. The van der Waals surface area contributed by atoms with Gasteiger partial charge in [-0.2, -0.15) is 0 Å². The molecule has 5 aliphatic rings. The van der Waals surface area contributed by atoms with E-state index in [2.05, 4.69) is 20.5 Å². The molecular weight excluding hydrogens is 388 g/mol. The topological polar surface area (TPSA) is 74.3 Å². The zero-order chi connectivity index (χ0) is 21.6. The van der Waals surface area contributed by atoms with E-state index in [0.717, 1.165) is 38.2 Å². The molecule has 0 aromatic carbocycles. The van der Waals surface area contributed by atoms with E-state index < -0.39 is 6.04 Å². The molecule has 1 unspecified atom stereocenters. The molecule has 0 spiro atoms. The van der Waals surface area contributed by atoms with Crippen LogP contribution in [0, 0.1) is 29.1 Å². The maximum atomic E-state index is 13.5. The Morgan fingerprint density at radius 1 is 1.03 bits per heavy atom. The van der Waals surface area contributed by atoms with E-state index in [-0.39, 0.29) is 23.1 Å². The molecule has 0 radical (unpaired) electrons. The number of hydrogen-bond acceptors (Lipinski definition) is 4. The maximum Gasteiger partial charge on any atom is 0.247 e. The van der Waals surface area contributed by atoms with Crippen molar-refractivity contribution in [1.29, 1.82) is 0 Å². The van der Waals surface area contributed by atoms with Crippen LogP contribution < -0.4 is 15.5 Å². The molecule has 168 valence electrons. The first-order chi connectivity index (χ1) is 14.9. The highest BCUT2D eigenvalue weighted by Gasteiger charge is 2.55. The number of nitrogens with zero attached hydrogens (tertiary/aromatic N) is 2. The van der Waals surface area contributed by atoms with Crippen molar-refractivity contribution in [3.63, 3.8) is 0 Å². The van der Waals surface area contributed by atoms with Crippen LogP contribution >= 0.6 is 0 Å².